The zero-order chi connectivity index (χ0) is 14.9. The molecule has 0 unspecified atom stereocenters. The van der Waals surface area contributed by atoms with E-state index in [1.165, 1.54) is 0 Å². The smallest absolute Gasteiger partial charge is 0.307 e. The second-order valence-electron chi connectivity index (χ2n) is 6.34. The van der Waals surface area contributed by atoms with Crippen LogP contribution in [-0.4, -0.2) is 41.0 Å². The van der Waals surface area contributed by atoms with Crippen LogP contribution in [0.2, 0.25) is 0 Å². The van der Waals surface area contributed by atoms with Gasteiger partial charge in [0.05, 0.1) is 5.69 Å². The molecule has 1 fully saturated rings. The van der Waals surface area contributed by atoms with Crippen molar-refractivity contribution >= 4 is 5.91 Å². The van der Waals surface area contributed by atoms with Crippen LogP contribution in [-0.2, 0) is 0 Å². The molecule has 0 aliphatic carbocycles. The van der Waals surface area contributed by atoms with Crippen LogP contribution in [0.5, 0.6) is 0 Å². The predicted molar refractivity (Wildman–Crippen MR) is 77.7 cm³/mol. The molecule has 0 radical (unpaired) electrons. The number of carbonyl (C=O) groups is 1. The molecule has 5 heteroatoms. The van der Waals surface area contributed by atoms with Gasteiger partial charge in [-0.25, -0.2) is 4.98 Å². The van der Waals surface area contributed by atoms with Gasteiger partial charge in [-0.1, -0.05) is 20.8 Å². The average Bonchev–Trinajstić information content (AvgIpc) is 2.97. The third-order valence-electron chi connectivity index (χ3n) is 4.00. The summed E-state index contributed by atoms with van der Waals surface area (Å²) in [6.07, 6.45) is 1.57. The highest BCUT2D eigenvalue weighted by Gasteiger charge is 2.32. The molecule has 1 aromatic rings. The van der Waals surface area contributed by atoms with Gasteiger partial charge in [0.2, 0.25) is 0 Å². The Morgan fingerprint density at radius 2 is 2.10 bits per heavy atom. The molecular weight excluding hydrogens is 254 g/mol. The summed E-state index contributed by atoms with van der Waals surface area (Å²) in [4.78, 5) is 18.8. The van der Waals surface area contributed by atoms with Crippen LogP contribution < -0.4 is 5.32 Å². The molecule has 2 rings (SSSR count). The van der Waals surface area contributed by atoms with Crippen LogP contribution in [0.3, 0.4) is 0 Å². The van der Waals surface area contributed by atoms with E-state index in [9.17, 15) is 4.79 Å². The highest BCUT2D eigenvalue weighted by molar-refractivity contribution is 5.89. The lowest BCUT2D eigenvalue weighted by Crippen LogP contribution is -2.40. The zero-order valence-electron chi connectivity index (χ0n) is 13.0. The first-order chi connectivity index (χ1) is 9.38. The molecule has 1 aromatic heterocycles. The van der Waals surface area contributed by atoms with Gasteiger partial charge < -0.3 is 9.73 Å². The molecule has 2 heterocycles. The summed E-state index contributed by atoms with van der Waals surface area (Å²) in [5.41, 5.74) is 0.818. The first kappa shape index (κ1) is 15.0. The SMILES string of the molecule is CC(C)c1coc(C(=O)N[C@H]2CN(C(C)C)C[C@H]2C)n1. The fourth-order valence-electron chi connectivity index (χ4n) is 2.50. The van der Waals surface area contributed by atoms with Crippen LogP contribution in [0.15, 0.2) is 10.7 Å². The summed E-state index contributed by atoms with van der Waals surface area (Å²) >= 11 is 0. The number of hydrogen-bond acceptors (Lipinski definition) is 4. The molecule has 1 N–H and O–H groups in total. The van der Waals surface area contributed by atoms with Crippen molar-refractivity contribution in [3.63, 3.8) is 0 Å². The van der Waals surface area contributed by atoms with Crippen molar-refractivity contribution in [2.24, 2.45) is 5.92 Å². The number of aromatic nitrogens is 1. The Hall–Kier alpha value is -1.36. The van der Waals surface area contributed by atoms with E-state index in [1.807, 2.05) is 13.8 Å². The fourth-order valence-corrected chi connectivity index (χ4v) is 2.50. The van der Waals surface area contributed by atoms with E-state index in [0.717, 1.165) is 18.8 Å². The monoisotopic (exact) mass is 279 g/mol. The first-order valence-electron chi connectivity index (χ1n) is 7.38. The van der Waals surface area contributed by atoms with Crippen molar-refractivity contribution in [2.45, 2.75) is 52.6 Å². The van der Waals surface area contributed by atoms with Gasteiger partial charge in [-0.2, -0.15) is 0 Å². The molecule has 1 saturated heterocycles. The summed E-state index contributed by atoms with van der Waals surface area (Å²) in [5.74, 6) is 0.672. The Morgan fingerprint density at radius 1 is 1.40 bits per heavy atom. The molecule has 0 saturated carbocycles. The van der Waals surface area contributed by atoms with Gasteiger partial charge in [0.25, 0.3) is 5.89 Å². The Kier molecular flexibility index (Phi) is 4.48. The second-order valence-corrected chi connectivity index (χ2v) is 6.34. The zero-order valence-corrected chi connectivity index (χ0v) is 13.0. The molecule has 0 aromatic carbocycles. The van der Waals surface area contributed by atoms with E-state index in [4.69, 9.17) is 4.42 Å². The molecule has 1 aliphatic heterocycles. The van der Waals surface area contributed by atoms with Crippen LogP contribution in [0.1, 0.15) is 56.9 Å². The van der Waals surface area contributed by atoms with E-state index in [1.54, 1.807) is 6.26 Å². The first-order valence-corrected chi connectivity index (χ1v) is 7.38. The van der Waals surface area contributed by atoms with Gasteiger partial charge in [-0.3, -0.25) is 9.69 Å². The van der Waals surface area contributed by atoms with Gasteiger partial charge in [0, 0.05) is 25.2 Å². The number of nitrogens with one attached hydrogen (secondary N) is 1. The van der Waals surface area contributed by atoms with Gasteiger partial charge in [0.1, 0.15) is 6.26 Å². The minimum atomic E-state index is -0.209. The molecule has 1 amide bonds. The van der Waals surface area contributed by atoms with Crippen molar-refractivity contribution in [3.8, 4) is 0 Å². The normalized spacial score (nSPS) is 23.8. The molecule has 2 atom stereocenters. The minimum absolute atomic E-state index is 0.166. The summed E-state index contributed by atoms with van der Waals surface area (Å²) in [5, 5.41) is 3.05. The number of nitrogens with zero attached hydrogens (tertiary/aromatic N) is 2. The maximum atomic E-state index is 12.2. The van der Waals surface area contributed by atoms with E-state index >= 15 is 0 Å². The van der Waals surface area contributed by atoms with Gasteiger partial charge in [0.15, 0.2) is 0 Å². The highest BCUT2D eigenvalue weighted by Crippen LogP contribution is 2.19. The van der Waals surface area contributed by atoms with Crippen LogP contribution in [0.4, 0.5) is 0 Å². The van der Waals surface area contributed by atoms with Gasteiger partial charge in [-0.15, -0.1) is 0 Å². The van der Waals surface area contributed by atoms with Crippen molar-refractivity contribution < 1.29 is 9.21 Å². The van der Waals surface area contributed by atoms with Gasteiger partial charge in [-0.05, 0) is 25.7 Å². The Morgan fingerprint density at radius 3 is 2.60 bits per heavy atom. The Balaban J connectivity index is 1.97. The lowest BCUT2D eigenvalue weighted by molar-refractivity contribution is 0.0895. The maximum Gasteiger partial charge on any atom is 0.307 e. The van der Waals surface area contributed by atoms with Crippen molar-refractivity contribution in [1.82, 2.24) is 15.2 Å². The minimum Gasteiger partial charge on any atom is -0.441 e. The number of oxazole rings is 1. The number of rotatable bonds is 4. The number of carbonyl (C=O) groups excluding carboxylic acids is 1. The maximum absolute atomic E-state index is 12.2. The van der Waals surface area contributed by atoms with E-state index in [0.29, 0.717) is 12.0 Å². The van der Waals surface area contributed by atoms with Crippen LogP contribution >= 0.6 is 0 Å². The number of amides is 1. The molecule has 5 nitrogen and oxygen atoms in total. The molecule has 20 heavy (non-hydrogen) atoms. The van der Waals surface area contributed by atoms with Gasteiger partial charge >= 0.3 is 5.91 Å². The summed E-state index contributed by atoms with van der Waals surface area (Å²) in [6, 6.07) is 0.674. The largest absolute Gasteiger partial charge is 0.441 e. The predicted octanol–water partition coefficient (Wildman–Crippen LogP) is 2.26. The molecule has 0 spiro atoms. The third-order valence-corrected chi connectivity index (χ3v) is 4.00. The van der Waals surface area contributed by atoms with Crippen molar-refractivity contribution in [1.29, 1.82) is 0 Å². The van der Waals surface area contributed by atoms with Crippen LogP contribution in [0.25, 0.3) is 0 Å². The number of hydrogen-bond donors (Lipinski definition) is 1. The summed E-state index contributed by atoms with van der Waals surface area (Å²) < 4.78 is 5.27. The molecule has 1 aliphatic rings. The highest BCUT2D eigenvalue weighted by atomic mass is 16.4. The summed E-state index contributed by atoms with van der Waals surface area (Å²) in [6.45, 7) is 12.5. The van der Waals surface area contributed by atoms with E-state index in [2.05, 4.69) is 36.0 Å². The third kappa shape index (κ3) is 3.20. The quantitative estimate of drug-likeness (QED) is 0.918. The molecule has 112 valence electrons. The Bertz CT molecular complexity index is 467. The fraction of sp³-hybridized carbons (Fsp3) is 0.733. The standard InChI is InChI=1S/C15H25N3O2/c1-9(2)13-8-20-15(17-13)14(19)16-12-7-18(10(3)4)6-11(12)5/h8-12H,6-7H2,1-5H3,(H,16,19)/t11-,12+/m1/s1. The van der Waals surface area contributed by atoms with E-state index < -0.39 is 0 Å². The second kappa shape index (κ2) is 5.95. The molecular formula is C15H25N3O2. The van der Waals surface area contributed by atoms with Crippen molar-refractivity contribution in [2.75, 3.05) is 13.1 Å². The van der Waals surface area contributed by atoms with Crippen molar-refractivity contribution in [3.05, 3.63) is 17.8 Å². The molecule has 0 bridgehead atoms. The topological polar surface area (TPSA) is 58.4 Å². The lowest BCUT2D eigenvalue weighted by atomic mass is 10.1. The lowest BCUT2D eigenvalue weighted by Gasteiger charge is -2.20. The average molecular weight is 279 g/mol. The van der Waals surface area contributed by atoms with Crippen LogP contribution in [0, 0.1) is 5.92 Å². The Labute approximate surface area is 120 Å². The number of likely N-dealkylation sites (tertiary alicyclic amines) is 1. The summed E-state index contributed by atoms with van der Waals surface area (Å²) in [7, 11) is 0. The van der Waals surface area contributed by atoms with E-state index in [-0.39, 0.29) is 23.8 Å².